The Balaban J connectivity index is 1.07. The fourth-order valence-corrected chi connectivity index (χ4v) is 6.38. The first-order valence-corrected chi connectivity index (χ1v) is 13.2. The van der Waals surface area contributed by atoms with Crippen LogP contribution in [0, 0.1) is 5.92 Å². The molecule has 5 heteroatoms. The first kappa shape index (κ1) is 24.1. The van der Waals surface area contributed by atoms with Gasteiger partial charge in [0.15, 0.2) is 0 Å². The normalized spacial score (nSPS) is 21.4. The molecule has 3 aliphatic rings. The zero-order chi connectivity index (χ0) is 24.3. The minimum atomic E-state index is -0.315. The summed E-state index contributed by atoms with van der Waals surface area (Å²) >= 11 is 0. The first-order valence-electron chi connectivity index (χ1n) is 13.2. The van der Waals surface area contributed by atoms with Crippen molar-refractivity contribution in [3.8, 4) is 5.75 Å². The summed E-state index contributed by atoms with van der Waals surface area (Å²) < 4.78 is 5.25. The maximum Gasteiger partial charge on any atom is 0.246 e. The lowest BCUT2D eigenvalue weighted by atomic mass is 9.73. The molecule has 2 aromatic carbocycles. The fraction of sp³-hybridized carbons (Fsp3) is 0.500. The molecule has 0 radical (unpaired) electrons. The largest absolute Gasteiger partial charge is 0.497 e. The molecule has 2 heterocycles. The predicted molar refractivity (Wildman–Crippen MR) is 139 cm³/mol. The molecule has 2 aliphatic heterocycles. The molecule has 1 N–H and O–H groups in total. The Bertz CT molecular complexity index is 1050. The van der Waals surface area contributed by atoms with Crippen LogP contribution >= 0.6 is 0 Å². The van der Waals surface area contributed by atoms with Crippen LogP contribution in [0.1, 0.15) is 48.8 Å². The highest BCUT2D eigenvalue weighted by atomic mass is 16.5. The number of hydrogen-bond donors (Lipinski definition) is 1. The van der Waals surface area contributed by atoms with E-state index >= 15 is 0 Å². The number of methoxy groups -OCH3 is 1. The fourth-order valence-electron chi connectivity index (χ4n) is 6.38. The molecule has 35 heavy (non-hydrogen) atoms. The number of benzene rings is 2. The third kappa shape index (κ3) is 5.31. The quantitative estimate of drug-likeness (QED) is 0.635. The van der Waals surface area contributed by atoms with Crippen molar-refractivity contribution in [2.24, 2.45) is 5.92 Å². The highest BCUT2D eigenvalue weighted by Crippen LogP contribution is 2.46. The van der Waals surface area contributed by atoms with Crippen molar-refractivity contribution in [1.82, 2.24) is 9.80 Å². The summed E-state index contributed by atoms with van der Waals surface area (Å²) in [6.45, 7) is 4.31. The minimum Gasteiger partial charge on any atom is -0.497 e. The molecular weight excluding hydrogens is 436 g/mol. The van der Waals surface area contributed by atoms with Crippen molar-refractivity contribution >= 4 is 12.0 Å². The zero-order valence-electron chi connectivity index (χ0n) is 20.9. The number of β-amino-alcohol motifs (C(OH)–C–C–N with tert-alkyl or cyclic N) is 1. The molecule has 2 fully saturated rings. The second kappa shape index (κ2) is 10.5. The Morgan fingerprint density at radius 1 is 1.09 bits per heavy atom. The van der Waals surface area contributed by atoms with Gasteiger partial charge in [-0.25, -0.2) is 0 Å². The number of hydrogen-bond acceptors (Lipinski definition) is 4. The average Bonchev–Trinajstić information content (AvgIpc) is 3.27. The Morgan fingerprint density at radius 2 is 1.86 bits per heavy atom. The van der Waals surface area contributed by atoms with Gasteiger partial charge in [-0.05, 0) is 97.8 Å². The molecule has 2 aromatic rings. The van der Waals surface area contributed by atoms with Gasteiger partial charge in [0.25, 0.3) is 0 Å². The summed E-state index contributed by atoms with van der Waals surface area (Å²) in [6, 6.07) is 16.7. The van der Waals surface area contributed by atoms with Crippen LogP contribution in [0.3, 0.4) is 0 Å². The van der Waals surface area contributed by atoms with E-state index in [0.717, 1.165) is 43.8 Å². The van der Waals surface area contributed by atoms with Gasteiger partial charge in [0.2, 0.25) is 5.91 Å². The van der Waals surface area contributed by atoms with Gasteiger partial charge in [0.1, 0.15) is 5.75 Å². The molecule has 1 aliphatic carbocycles. The highest BCUT2D eigenvalue weighted by molar-refractivity contribution is 5.91. The molecule has 2 saturated heterocycles. The van der Waals surface area contributed by atoms with Gasteiger partial charge in [-0.2, -0.15) is 0 Å². The van der Waals surface area contributed by atoms with Crippen LogP contribution in [-0.2, 0) is 16.6 Å². The Hall–Kier alpha value is -2.63. The number of fused-ring (bicyclic) bond motifs is 2. The standard InChI is InChI=1S/C30H38N2O3/c1-35-26-7-4-5-23(21-26)9-10-29(34)32-17-12-25(13-18-32)28(33)22-31-19-15-30(16-20-31)14-11-24-6-2-3-8-27(24)30/h2-10,21,25,28,33H,11-20,22H2,1H3/b10-9+. The van der Waals surface area contributed by atoms with Gasteiger partial charge in [-0.3, -0.25) is 4.79 Å². The molecule has 1 spiro atoms. The number of likely N-dealkylation sites (tertiary alicyclic amines) is 2. The van der Waals surface area contributed by atoms with Crippen molar-refractivity contribution in [3.63, 3.8) is 0 Å². The lowest BCUT2D eigenvalue weighted by Gasteiger charge is -2.42. The number of aliphatic hydroxyl groups is 1. The van der Waals surface area contributed by atoms with E-state index in [0.29, 0.717) is 18.5 Å². The van der Waals surface area contributed by atoms with E-state index in [-0.39, 0.29) is 17.9 Å². The number of carbonyl (C=O) groups excluding carboxylic acids is 1. The van der Waals surface area contributed by atoms with Gasteiger partial charge in [-0.15, -0.1) is 0 Å². The summed E-state index contributed by atoms with van der Waals surface area (Å²) in [7, 11) is 1.64. The number of aryl methyl sites for hydroxylation is 1. The first-order chi connectivity index (χ1) is 17.1. The summed E-state index contributed by atoms with van der Waals surface area (Å²) in [4.78, 5) is 17.0. The van der Waals surface area contributed by atoms with Crippen LogP contribution in [0.4, 0.5) is 0 Å². The number of aliphatic hydroxyl groups excluding tert-OH is 1. The van der Waals surface area contributed by atoms with Crippen molar-refractivity contribution in [2.75, 3.05) is 39.8 Å². The number of ether oxygens (including phenoxy) is 1. The number of piperidine rings is 2. The molecule has 186 valence electrons. The van der Waals surface area contributed by atoms with Gasteiger partial charge < -0.3 is 19.6 Å². The third-order valence-corrected chi connectivity index (χ3v) is 8.63. The summed E-state index contributed by atoms with van der Waals surface area (Å²) in [6.07, 6.45) is 9.80. The summed E-state index contributed by atoms with van der Waals surface area (Å²) in [5, 5.41) is 11.0. The molecule has 5 rings (SSSR count). The number of nitrogens with zero attached hydrogens (tertiary/aromatic N) is 2. The van der Waals surface area contributed by atoms with E-state index in [2.05, 4.69) is 29.2 Å². The van der Waals surface area contributed by atoms with Crippen LogP contribution in [0.5, 0.6) is 5.75 Å². The second-order valence-electron chi connectivity index (χ2n) is 10.6. The lowest BCUT2D eigenvalue weighted by Crippen LogP contribution is -2.47. The Kier molecular flexibility index (Phi) is 7.26. The van der Waals surface area contributed by atoms with E-state index in [1.54, 1.807) is 24.3 Å². The van der Waals surface area contributed by atoms with Gasteiger partial charge in [-0.1, -0.05) is 36.4 Å². The van der Waals surface area contributed by atoms with E-state index in [1.165, 1.54) is 25.7 Å². The molecule has 5 nitrogen and oxygen atoms in total. The molecule has 0 aromatic heterocycles. The van der Waals surface area contributed by atoms with Crippen molar-refractivity contribution in [2.45, 2.75) is 50.0 Å². The zero-order valence-corrected chi connectivity index (χ0v) is 20.9. The van der Waals surface area contributed by atoms with Crippen molar-refractivity contribution < 1.29 is 14.6 Å². The third-order valence-electron chi connectivity index (χ3n) is 8.63. The number of amides is 1. The van der Waals surface area contributed by atoms with E-state index in [4.69, 9.17) is 4.74 Å². The van der Waals surface area contributed by atoms with Crippen LogP contribution in [0.15, 0.2) is 54.6 Å². The van der Waals surface area contributed by atoms with Crippen molar-refractivity contribution in [3.05, 3.63) is 71.3 Å². The molecular formula is C30H38N2O3. The summed E-state index contributed by atoms with van der Waals surface area (Å²) in [5.41, 5.74) is 4.44. The molecule has 1 unspecified atom stereocenters. The molecule has 1 amide bonds. The monoisotopic (exact) mass is 474 g/mol. The summed E-state index contributed by atoms with van der Waals surface area (Å²) in [5.74, 6) is 1.09. The predicted octanol–water partition coefficient (Wildman–Crippen LogP) is 4.29. The van der Waals surface area contributed by atoms with Crippen LogP contribution < -0.4 is 4.74 Å². The van der Waals surface area contributed by atoms with Crippen LogP contribution in [0.2, 0.25) is 0 Å². The van der Waals surface area contributed by atoms with Gasteiger partial charge in [0, 0.05) is 25.7 Å². The molecule has 0 bridgehead atoms. The molecule has 0 saturated carbocycles. The molecule has 1 atom stereocenters. The Labute approximate surface area is 209 Å². The second-order valence-corrected chi connectivity index (χ2v) is 10.6. The van der Waals surface area contributed by atoms with E-state index < -0.39 is 0 Å². The van der Waals surface area contributed by atoms with Crippen LogP contribution in [0.25, 0.3) is 6.08 Å². The minimum absolute atomic E-state index is 0.0407. The average molecular weight is 475 g/mol. The number of carbonyl (C=O) groups is 1. The SMILES string of the molecule is COc1cccc(/C=C/C(=O)N2CCC(C(O)CN3CCC4(CCc5ccccc54)CC3)CC2)c1. The van der Waals surface area contributed by atoms with E-state index in [1.807, 2.05) is 35.2 Å². The topological polar surface area (TPSA) is 53.0 Å². The Morgan fingerprint density at radius 3 is 2.63 bits per heavy atom. The lowest BCUT2D eigenvalue weighted by molar-refractivity contribution is -0.128. The van der Waals surface area contributed by atoms with Gasteiger partial charge >= 0.3 is 0 Å². The number of rotatable bonds is 6. The van der Waals surface area contributed by atoms with Gasteiger partial charge in [0.05, 0.1) is 13.2 Å². The highest BCUT2D eigenvalue weighted by Gasteiger charge is 2.41. The maximum atomic E-state index is 12.7. The van der Waals surface area contributed by atoms with Crippen LogP contribution in [-0.4, -0.2) is 66.8 Å². The van der Waals surface area contributed by atoms with E-state index in [9.17, 15) is 9.90 Å². The van der Waals surface area contributed by atoms with Crippen molar-refractivity contribution in [1.29, 1.82) is 0 Å². The smallest absolute Gasteiger partial charge is 0.246 e. The maximum absolute atomic E-state index is 12.7.